The van der Waals surface area contributed by atoms with Gasteiger partial charge in [-0.05, 0) is 48.5 Å². The second kappa shape index (κ2) is 8.82. The van der Waals surface area contributed by atoms with Crippen molar-refractivity contribution in [1.29, 1.82) is 0 Å². The molecular formula is C35H24N4O. The van der Waals surface area contributed by atoms with Crippen molar-refractivity contribution in [3.63, 3.8) is 0 Å². The summed E-state index contributed by atoms with van der Waals surface area (Å²) in [5, 5.41) is 2.43. The molecular weight excluding hydrogens is 492 g/mol. The Balaban J connectivity index is 1.36. The van der Waals surface area contributed by atoms with E-state index in [1.54, 1.807) is 12.5 Å². The highest BCUT2D eigenvalue weighted by molar-refractivity contribution is 6.10. The van der Waals surface area contributed by atoms with Crippen molar-refractivity contribution in [3.8, 4) is 39.5 Å². The van der Waals surface area contributed by atoms with Crippen molar-refractivity contribution < 1.29 is 4.42 Å². The molecule has 0 saturated heterocycles. The van der Waals surface area contributed by atoms with Crippen LogP contribution >= 0.6 is 0 Å². The van der Waals surface area contributed by atoms with Crippen LogP contribution in [0.2, 0.25) is 0 Å². The van der Waals surface area contributed by atoms with Crippen molar-refractivity contribution in [2.24, 2.45) is 7.05 Å². The molecule has 5 nitrogen and oxygen atoms in total. The molecule has 4 aromatic carbocycles. The number of benzene rings is 4. The lowest BCUT2D eigenvalue weighted by atomic mass is 10.1. The Morgan fingerprint density at radius 2 is 1.50 bits per heavy atom. The minimum Gasteiger partial charge on any atom is -0.472 e. The number of aryl methyl sites for hydroxylation is 1. The molecule has 4 aromatic heterocycles. The Kier molecular flexibility index (Phi) is 4.97. The molecule has 4 heterocycles. The molecule has 0 fully saturated rings. The minimum atomic E-state index is 0.923. The molecule has 0 spiro atoms. The van der Waals surface area contributed by atoms with E-state index in [1.807, 2.05) is 30.5 Å². The Morgan fingerprint density at radius 1 is 0.650 bits per heavy atom. The molecule has 0 amide bonds. The summed E-state index contributed by atoms with van der Waals surface area (Å²) in [4.78, 5) is 9.74. The smallest absolute Gasteiger partial charge is 0.140 e. The van der Waals surface area contributed by atoms with Gasteiger partial charge in [0.2, 0.25) is 0 Å². The zero-order valence-corrected chi connectivity index (χ0v) is 21.8. The molecule has 0 N–H and O–H groups in total. The van der Waals surface area contributed by atoms with E-state index < -0.39 is 0 Å². The van der Waals surface area contributed by atoms with Crippen LogP contribution in [-0.4, -0.2) is 19.1 Å². The van der Waals surface area contributed by atoms with E-state index >= 15 is 0 Å². The highest BCUT2D eigenvalue weighted by Crippen LogP contribution is 2.37. The fourth-order valence-corrected chi connectivity index (χ4v) is 5.85. The molecule has 0 aliphatic rings. The highest BCUT2D eigenvalue weighted by Gasteiger charge is 2.18. The van der Waals surface area contributed by atoms with Crippen LogP contribution in [0.5, 0.6) is 0 Å². The maximum absolute atomic E-state index is 5.37. The summed E-state index contributed by atoms with van der Waals surface area (Å²) < 4.78 is 9.89. The molecule has 0 unspecified atom stereocenters. The average Bonchev–Trinajstić information content (AvgIpc) is 3.74. The third-order valence-corrected chi connectivity index (χ3v) is 7.74. The molecule has 0 aliphatic carbocycles. The zero-order chi connectivity index (χ0) is 26.6. The summed E-state index contributed by atoms with van der Waals surface area (Å²) in [7, 11) is 2.08. The highest BCUT2D eigenvalue weighted by atomic mass is 16.3. The molecule has 0 radical (unpaired) electrons. The first-order valence-electron chi connectivity index (χ1n) is 13.3. The van der Waals surface area contributed by atoms with Gasteiger partial charge in [-0.1, -0.05) is 60.7 Å². The first-order valence-corrected chi connectivity index (χ1v) is 13.3. The van der Waals surface area contributed by atoms with Crippen molar-refractivity contribution in [1.82, 2.24) is 19.1 Å². The monoisotopic (exact) mass is 516 g/mol. The predicted octanol–water partition coefficient (Wildman–Crippen LogP) is 8.66. The number of furan rings is 1. The first kappa shape index (κ1) is 22.6. The van der Waals surface area contributed by atoms with Crippen LogP contribution in [0.25, 0.3) is 72.3 Å². The van der Waals surface area contributed by atoms with Crippen LogP contribution in [0.15, 0.2) is 132 Å². The zero-order valence-electron chi connectivity index (χ0n) is 21.8. The molecule has 40 heavy (non-hydrogen) atoms. The number of aromatic nitrogens is 4. The summed E-state index contributed by atoms with van der Waals surface area (Å²) in [6, 6.07) is 38.1. The number of pyridine rings is 1. The summed E-state index contributed by atoms with van der Waals surface area (Å²) in [6.07, 6.45) is 5.31. The van der Waals surface area contributed by atoms with Crippen LogP contribution in [0.4, 0.5) is 0 Å². The van der Waals surface area contributed by atoms with Gasteiger partial charge >= 0.3 is 0 Å². The molecule has 0 atom stereocenters. The number of para-hydroxylation sites is 2. The number of rotatable bonds is 4. The predicted molar refractivity (Wildman–Crippen MR) is 161 cm³/mol. The van der Waals surface area contributed by atoms with Crippen LogP contribution in [0.3, 0.4) is 0 Å². The van der Waals surface area contributed by atoms with Crippen molar-refractivity contribution in [2.75, 3.05) is 0 Å². The Hall–Kier alpha value is -5.42. The Morgan fingerprint density at radius 3 is 2.38 bits per heavy atom. The van der Waals surface area contributed by atoms with Gasteiger partial charge in [-0.25, -0.2) is 4.98 Å². The third kappa shape index (κ3) is 3.41. The van der Waals surface area contributed by atoms with Crippen LogP contribution in [-0.2, 0) is 7.05 Å². The van der Waals surface area contributed by atoms with Gasteiger partial charge in [0, 0.05) is 52.0 Å². The maximum atomic E-state index is 5.37. The lowest BCUT2D eigenvalue weighted by molar-refractivity contribution is 0.568. The average molecular weight is 517 g/mol. The van der Waals surface area contributed by atoms with Gasteiger partial charge in [-0.3, -0.25) is 4.98 Å². The molecule has 0 bridgehead atoms. The quantitative estimate of drug-likeness (QED) is 0.235. The lowest BCUT2D eigenvalue weighted by Gasteiger charge is -2.11. The van der Waals surface area contributed by atoms with E-state index in [2.05, 4.69) is 106 Å². The summed E-state index contributed by atoms with van der Waals surface area (Å²) in [5.74, 6) is 0.923. The second-order valence-electron chi connectivity index (χ2n) is 10.0. The first-order chi connectivity index (χ1) is 19.8. The number of imidazole rings is 1. The topological polar surface area (TPSA) is 48.8 Å². The Bertz CT molecular complexity index is 2170. The Labute approximate surface area is 230 Å². The van der Waals surface area contributed by atoms with Crippen LogP contribution in [0, 0.1) is 0 Å². The molecule has 8 aromatic rings. The van der Waals surface area contributed by atoms with Gasteiger partial charge < -0.3 is 13.6 Å². The molecule has 190 valence electrons. The van der Waals surface area contributed by atoms with E-state index in [4.69, 9.17) is 9.40 Å². The van der Waals surface area contributed by atoms with Gasteiger partial charge in [-0.15, -0.1) is 0 Å². The van der Waals surface area contributed by atoms with Crippen LogP contribution < -0.4 is 0 Å². The third-order valence-electron chi connectivity index (χ3n) is 7.74. The normalized spacial score (nSPS) is 11.6. The van der Waals surface area contributed by atoms with Gasteiger partial charge in [0.25, 0.3) is 0 Å². The van der Waals surface area contributed by atoms with Crippen molar-refractivity contribution in [2.45, 2.75) is 0 Å². The number of hydrogen-bond donors (Lipinski definition) is 0. The summed E-state index contributed by atoms with van der Waals surface area (Å²) >= 11 is 0. The number of nitrogens with zero attached hydrogens (tertiary/aromatic N) is 4. The lowest BCUT2D eigenvalue weighted by Crippen LogP contribution is -1.96. The second-order valence-corrected chi connectivity index (χ2v) is 10.0. The van der Waals surface area contributed by atoms with Gasteiger partial charge in [0.15, 0.2) is 0 Å². The number of hydrogen-bond acceptors (Lipinski definition) is 3. The summed E-state index contributed by atoms with van der Waals surface area (Å²) in [5.41, 5.74) is 10.6. The standard InChI is InChI=1S/C35H24N4O/c1-38-32-14-7-11-27(25-17-19-40-22-25)34(32)37-35(38)24-15-16-29-28-10-2-3-13-31(28)39(33(29)21-24)26-9-6-8-23(20-26)30-12-4-5-18-36-30/h2-22H,1H3. The fourth-order valence-electron chi connectivity index (χ4n) is 5.85. The van der Waals surface area contributed by atoms with Crippen molar-refractivity contribution in [3.05, 3.63) is 128 Å². The molecule has 5 heteroatoms. The molecule has 0 saturated carbocycles. The molecule has 8 rings (SSSR count). The van der Waals surface area contributed by atoms with E-state index in [1.165, 1.54) is 16.3 Å². The molecule has 0 aliphatic heterocycles. The SMILES string of the molecule is Cn1c(-c2ccc3c4ccccc4n(-c4cccc(-c5ccccn5)c4)c3c2)nc2c(-c3ccoc3)cccc21. The largest absolute Gasteiger partial charge is 0.472 e. The van der Waals surface area contributed by atoms with Gasteiger partial charge in [0.05, 0.1) is 40.3 Å². The fraction of sp³-hybridized carbons (Fsp3) is 0.0286. The number of fused-ring (bicyclic) bond motifs is 4. The van der Waals surface area contributed by atoms with Gasteiger partial charge in [0.1, 0.15) is 5.82 Å². The summed E-state index contributed by atoms with van der Waals surface area (Å²) in [6.45, 7) is 0. The van der Waals surface area contributed by atoms with E-state index in [-0.39, 0.29) is 0 Å². The van der Waals surface area contributed by atoms with Gasteiger partial charge in [-0.2, -0.15) is 0 Å². The minimum absolute atomic E-state index is 0.923. The van der Waals surface area contributed by atoms with E-state index in [9.17, 15) is 0 Å². The van der Waals surface area contributed by atoms with E-state index in [0.29, 0.717) is 0 Å². The van der Waals surface area contributed by atoms with E-state index in [0.717, 1.165) is 56.0 Å². The van der Waals surface area contributed by atoms with Crippen LogP contribution in [0.1, 0.15) is 0 Å². The van der Waals surface area contributed by atoms with Crippen molar-refractivity contribution >= 4 is 32.8 Å². The maximum Gasteiger partial charge on any atom is 0.140 e.